The molecule has 0 radical (unpaired) electrons. The van der Waals surface area contributed by atoms with Crippen LogP contribution in [0.5, 0.6) is 0 Å². The van der Waals surface area contributed by atoms with Crippen molar-refractivity contribution in [3.8, 4) is 11.5 Å². The lowest BCUT2D eigenvalue weighted by molar-refractivity contribution is 0.176. The van der Waals surface area contributed by atoms with E-state index in [-0.39, 0.29) is 6.10 Å². The first-order valence-electron chi connectivity index (χ1n) is 4.14. The maximum absolute atomic E-state index is 9.17. The van der Waals surface area contributed by atoms with Crippen molar-refractivity contribution in [3.63, 3.8) is 0 Å². The molecular weight excluding hydrogens is 152 g/mol. The Balaban J connectivity index is 3.73. The molecule has 0 aromatic carbocycles. The average molecular weight is 170 g/mol. The first kappa shape index (κ1) is 10.7. The minimum Gasteiger partial charge on any atom is -0.392 e. The summed E-state index contributed by atoms with van der Waals surface area (Å²) in [6.45, 7) is 8.59. The lowest BCUT2D eigenvalue weighted by atomic mass is 10.2. The van der Waals surface area contributed by atoms with Crippen molar-refractivity contribution in [3.05, 3.63) is 0 Å². The fourth-order valence-corrected chi connectivity index (χ4v) is 1.21. The fraction of sp³-hybridized carbons (Fsp3) is 0.778. The Kier molecular flexibility index (Phi) is 4.47. The van der Waals surface area contributed by atoms with Gasteiger partial charge in [0.15, 0.2) is 0 Å². The van der Waals surface area contributed by atoms with Gasteiger partial charge in [-0.3, -0.25) is 0 Å². The third-order valence-corrected chi connectivity index (χ3v) is 2.20. The molecule has 0 aliphatic carbocycles. The Hall–Kier alpha value is -0.263. The summed E-state index contributed by atoms with van der Waals surface area (Å²) in [7, 11) is -1.21. The van der Waals surface area contributed by atoms with E-state index in [1.807, 2.05) is 6.92 Å². The Morgan fingerprint density at radius 2 is 1.91 bits per heavy atom. The molecule has 0 aromatic rings. The molecule has 0 aliphatic heterocycles. The van der Waals surface area contributed by atoms with E-state index < -0.39 is 8.07 Å². The van der Waals surface area contributed by atoms with Crippen LogP contribution in [0.1, 0.15) is 19.8 Å². The molecule has 0 spiro atoms. The number of hydrogen-bond acceptors (Lipinski definition) is 1. The van der Waals surface area contributed by atoms with Gasteiger partial charge in [-0.25, -0.2) is 0 Å². The van der Waals surface area contributed by atoms with Crippen molar-refractivity contribution >= 4 is 8.07 Å². The molecule has 11 heavy (non-hydrogen) atoms. The zero-order chi connectivity index (χ0) is 8.91. The third-order valence-electron chi connectivity index (χ3n) is 1.27. The van der Waals surface area contributed by atoms with Crippen molar-refractivity contribution in [2.45, 2.75) is 45.5 Å². The molecule has 1 nitrogen and oxygen atoms in total. The normalized spacial score (nSPS) is 13.5. The van der Waals surface area contributed by atoms with E-state index in [1.165, 1.54) is 0 Å². The summed E-state index contributed by atoms with van der Waals surface area (Å²) in [5.41, 5.74) is 3.22. The van der Waals surface area contributed by atoms with Crippen LogP contribution in [0.4, 0.5) is 0 Å². The highest BCUT2D eigenvalue weighted by molar-refractivity contribution is 6.83. The van der Waals surface area contributed by atoms with Crippen molar-refractivity contribution in [2.24, 2.45) is 0 Å². The van der Waals surface area contributed by atoms with Gasteiger partial charge < -0.3 is 5.11 Å². The average Bonchev–Trinajstić information content (AvgIpc) is 1.85. The van der Waals surface area contributed by atoms with Gasteiger partial charge in [-0.2, -0.15) is 0 Å². The van der Waals surface area contributed by atoms with Crippen LogP contribution >= 0.6 is 0 Å². The van der Waals surface area contributed by atoms with Crippen LogP contribution in [0.25, 0.3) is 0 Å². The summed E-state index contributed by atoms with van der Waals surface area (Å²) < 4.78 is 0. The van der Waals surface area contributed by atoms with Crippen LogP contribution in [0.3, 0.4) is 0 Å². The van der Waals surface area contributed by atoms with Gasteiger partial charge in [-0.1, -0.05) is 26.6 Å². The van der Waals surface area contributed by atoms with E-state index in [1.54, 1.807) is 0 Å². The number of hydrogen-bond donors (Lipinski definition) is 1. The number of rotatable bonds is 2. The van der Waals surface area contributed by atoms with Gasteiger partial charge in [-0.05, 0) is 6.42 Å². The predicted octanol–water partition coefficient (Wildman–Crippen LogP) is 2.03. The maximum atomic E-state index is 9.17. The lowest BCUT2D eigenvalue weighted by Crippen LogP contribution is -2.16. The van der Waals surface area contributed by atoms with Crippen LogP contribution in [0, 0.1) is 11.5 Å². The molecule has 0 amide bonds. The standard InChI is InChI=1S/C9H18OSi/c1-5-9(10)7-6-8-11(2,3)4/h9-10H,5,7H2,1-4H3/t9-/m0/s1. The zero-order valence-electron chi connectivity index (χ0n) is 7.94. The van der Waals surface area contributed by atoms with Crippen molar-refractivity contribution in [2.75, 3.05) is 0 Å². The molecule has 0 bridgehead atoms. The molecule has 64 valence electrons. The van der Waals surface area contributed by atoms with Crippen LogP contribution in [-0.4, -0.2) is 19.3 Å². The van der Waals surface area contributed by atoms with Gasteiger partial charge >= 0.3 is 0 Å². The summed E-state index contributed by atoms with van der Waals surface area (Å²) >= 11 is 0. The predicted molar refractivity (Wildman–Crippen MR) is 52.0 cm³/mol. The minimum atomic E-state index is -1.21. The highest BCUT2D eigenvalue weighted by Gasteiger charge is 2.07. The van der Waals surface area contributed by atoms with Gasteiger partial charge in [0.2, 0.25) is 0 Å². The number of aliphatic hydroxyl groups is 1. The van der Waals surface area contributed by atoms with E-state index in [0.717, 1.165) is 6.42 Å². The molecule has 1 N–H and O–H groups in total. The van der Waals surface area contributed by atoms with E-state index in [2.05, 4.69) is 31.1 Å². The minimum absolute atomic E-state index is 0.223. The molecule has 0 saturated heterocycles. The van der Waals surface area contributed by atoms with Gasteiger partial charge in [0, 0.05) is 6.42 Å². The molecule has 0 rings (SSSR count). The monoisotopic (exact) mass is 170 g/mol. The highest BCUT2D eigenvalue weighted by atomic mass is 28.3. The van der Waals surface area contributed by atoms with Crippen molar-refractivity contribution in [1.29, 1.82) is 0 Å². The maximum Gasteiger partial charge on any atom is 0.129 e. The summed E-state index contributed by atoms with van der Waals surface area (Å²) in [5, 5.41) is 9.17. The summed E-state index contributed by atoms with van der Waals surface area (Å²) in [6.07, 6.45) is 1.22. The summed E-state index contributed by atoms with van der Waals surface area (Å²) in [6, 6.07) is 0. The Labute approximate surface area is 70.8 Å². The molecule has 0 heterocycles. The SMILES string of the molecule is CC[C@H](O)CC#C[Si](C)(C)C. The zero-order valence-corrected chi connectivity index (χ0v) is 8.94. The molecule has 1 atom stereocenters. The topological polar surface area (TPSA) is 20.2 Å². The Bertz CT molecular complexity index is 159. The van der Waals surface area contributed by atoms with Gasteiger partial charge in [0.05, 0.1) is 6.10 Å². The van der Waals surface area contributed by atoms with Gasteiger partial charge in [0.25, 0.3) is 0 Å². The second kappa shape index (κ2) is 4.58. The largest absolute Gasteiger partial charge is 0.392 e. The molecule has 0 aromatic heterocycles. The van der Waals surface area contributed by atoms with Crippen LogP contribution in [0.2, 0.25) is 19.6 Å². The number of aliphatic hydroxyl groups excluding tert-OH is 1. The summed E-state index contributed by atoms with van der Waals surface area (Å²) in [4.78, 5) is 0. The van der Waals surface area contributed by atoms with E-state index in [0.29, 0.717) is 6.42 Å². The Morgan fingerprint density at radius 1 is 1.36 bits per heavy atom. The quantitative estimate of drug-likeness (QED) is 0.496. The summed E-state index contributed by atoms with van der Waals surface area (Å²) in [5.74, 6) is 3.04. The van der Waals surface area contributed by atoms with E-state index in [9.17, 15) is 0 Å². The second-order valence-corrected chi connectivity index (χ2v) is 8.57. The molecule has 0 saturated carbocycles. The molecule has 0 aliphatic rings. The van der Waals surface area contributed by atoms with E-state index >= 15 is 0 Å². The molecular formula is C9H18OSi. The molecule has 0 unspecified atom stereocenters. The molecule has 2 heteroatoms. The second-order valence-electron chi connectivity index (χ2n) is 3.82. The first-order valence-corrected chi connectivity index (χ1v) is 7.64. The molecule has 0 fully saturated rings. The van der Waals surface area contributed by atoms with E-state index in [4.69, 9.17) is 5.11 Å². The first-order chi connectivity index (χ1) is 4.95. The van der Waals surface area contributed by atoms with Crippen LogP contribution < -0.4 is 0 Å². The van der Waals surface area contributed by atoms with Gasteiger partial charge in [0.1, 0.15) is 8.07 Å². The lowest BCUT2D eigenvalue weighted by Gasteiger charge is -2.04. The third kappa shape index (κ3) is 7.64. The fourth-order valence-electron chi connectivity index (χ4n) is 0.578. The smallest absolute Gasteiger partial charge is 0.129 e. The van der Waals surface area contributed by atoms with Crippen LogP contribution in [-0.2, 0) is 0 Å². The highest BCUT2D eigenvalue weighted by Crippen LogP contribution is 1.99. The van der Waals surface area contributed by atoms with Crippen LogP contribution in [0.15, 0.2) is 0 Å². The van der Waals surface area contributed by atoms with Gasteiger partial charge in [-0.15, -0.1) is 11.5 Å². The van der Waals surface area contributed by atoms with Crippen molar-refractivity contribution in [1.82, 2.24) is 0 Å². The van der Waals surface area contributed by atoms with Crippen molar-refractivity contribution < 1.29 is 5.11 Å². The Morgan fingerprint density at radius 3 is 2.27 bits per heavy atom.